The summed E-state index contributed by atoms with van der Waals surface area (Å²) < 4.78 is 12.7. The molecule has 21 heavy (non-hydrogen) atoms. The molecule has 1 aromatic heterocycles. The number of nitrogen functional groups attached to an aromatic ring is 1. The van der Waals surface area contributed by atoms with E-state index in [1.165, 1.54) is 0 Å². The Morgan fingerprint density at radius 3 is 2.71 bits per heavy atom. The average Bonchev–Trinajstić information content (AvgIpc) is 2.50. The van der Waals surface area contributed by atoms with Crippen molar-refractivity contribution in [2.75, 3.05) is 5.73 Å². The molecule has 0 fully saturated rings. The molecule has 3 aromatic rings. The van der Waals surface area contributed by atoms with Crippen LogP contribution in [-0.4, -0.2) is 9.19 Å². The Hall–Kier alpha value is -2.20. The zero-order chi connectivity index (χ0) is 14.8. The minimum atomic E-state index is -1.13. The Labute approximate surface area is 126 Å². The molecule has 0 saturated carbocycles. The van der Waals surface area contributed by atoms with Crippen molar-refractivity contribution < 1.29 is 4.21 Å². The van der Waals surface area contributed by atoms with Gasteiger partial charge in [0.05, 0.1) is 22.1 Å². The number of nitrogens with zero attached hydrogens (tertiary/aromatic N) is 1. The van der Waals surface area contributed by atoms with Gasteiger partial charge in [-0.05, 0) is 36.2 Å². The third kappa shape index (κ3) is 2.67. The molecular weight excluding hydrogens is 280 g/mol. The van der Waals surface area contributed by atoms with Gasteiger partial charge in [0.1, 0.15) is 0 Å². The fourth-order valence-electron chi connectivity index (χ4n) is 2.38. The van der Waals surface area contributed by atoms with Gasteiger partial charge in [-0.3, -0.25) is 9.19 Å². The van der Waals surface area contributed by atoms with Crippen LogP contribution < -0.4 is 5.73 Å². The number of para-hydroxylation sites is 1. The number of rotatable bonds is 3. The Bertz CT molecular complexity index is 825. The molecule has 0 radical (unpaired) electrons. The van der Waals surface area contributed by atoms with Gasteiger partial charge in [0.2, 0.25) is 0 Å². The van der Waals surface area contributed by atoms with E-state index in [1.807, 2.05) is 55.5 Å². The molecule has 0 aliphatic heterocycles. The van der Waals surface area contributed by atoms with Crippen LogP contribution in [0.3, 0.4) is 0 Å². The summed E-state index contributed by atoms with van der Waals surface area (Å²) in [4.78, 5) is 5.20. The first kappa shape index (κ1) is 13.8. The number of benzene rings is 2. The molecule has 1 heterocycles. The summed E-state index contributed by atoms with van der Waals surface area (Å²) in [6.07, 6.45) is 1.76. The number of fused-ring (bicyclic) bond motifs is 1. The predicted octanol–water partition coefficient (Wildman–Crippen LogP) is 3.43. The van der Waals surface area contributed by atoms with Crippen molar-refractivity contribution in [1.82, 2.24) is 4.98 Å². The van der Waals surface area contributed by atoms with E-state index in [4.69, 9.17) is 5.73 Å². The van der Waals surface area contributed by atoms with Crippen LogP contribution in [0.15, 0.2) is 59.6 Å². The summed E-state index contributed by atoms with van der Waals surface area (Å²) in [6, 6.07) is 15.4. The number of anilines is 1. The number of nitrogens with two attached hydrogens (primary N) is 1. The summed E-state index contributed by atoms with van der Waals surface area (Å²) in [5.74, 6) is 0.443. The van der Waals surface area contributed by atoms with Crippen LogP contribution in [0.5, 0.6) is 0 Å². The van der Waals surface area contributed by atoms with Crippen molar-refractivity contribution in [3.8, 4) is 0 Å². The van der Waals surface area contributed by atoms with Crippen molar-refractivity contribution in [3.05, 3.63) is 65.9 Å². The fourth-order valence-corrected chi connectivity index (χ4v) is 3.74. The summed E-state index contributed by atoms with van der Waals surface area (Å²) in [5.41, 5.74) is 9.37. The molecular formula is C17H16N2OS. The van der Waals surface area contributed by atoms with Crippen molar-refractivity contribution in [2.45, 2.75) is 17.6 Å². The van der Waals surface area contributed by atoms with E-state index < -0.39 is 10.8 Å². The zero-order valence-electron chi connectivity index (χ0n) is 11.7. The van der Waals surface area contributed by atoms with E-state index in [1.54, 1.807) is 6.20 Å². The first-order valence-corrected chi connectivity index (χ1v) is 8.05. The van der Waals surface area contributed by atoms with Gasteiger partial charge in [-0.1, -0.05) is 30.3 Å². The Kier molecular flexibility index (Phi) is 3.71. The number of aromatic nitrogens is 1. The minimum Gasteiger partial charge on any atom is -0.398 e. The highest BCUT2D eigenvalue weighted by Gasteiger charge is 2.12. The van der Waals surface area contributed by atoms with E-state index in [9.17, 15) is 4.21 Å². The average molecular weight is 296 g/mol. The van der Waals surface area contributed by atoms with Gasteiger partial charge in [0.15, 0.2) is 0 Å². The van der Waals surface area contributed by atoms with Crippen molar-refractivity contribution in [3.63, 3.8) is 0 Å². The summed E-state index contributed by atoms with van der Waals surface area (Å²) in [5, 5.41) is 1.07. The SMILES string of the molecule is Cc1c(N)cccc1S(=O)Cc1cccc2cccnc12. The minimum absolute atomic E-state index is 0.443. The molecule has 0 spiro atoms. The summed E-state index contributed by atoms with van der Waals surface area (Å²) >= 11 is 0. The molecule has 0 bridgehead atoms. The highest BCUT2D eigenvalue weighted by atomic mass is 32.2. The quantitative estimate of drug-likeness (QED) is 0.753. The molecule has 2 N–H and O–H groups in total. The van der Waals surface area contributed by atoms with E-state index in [0.29, 0.717) is 11.4 Å². The predicted molar refractivity (Wildman–Crippen MR) is 87.4 cm³/mol. The lowest BCUT2D eigenvalue weighted by Gasteiger charge is -2.09. The van der Waals surface area contributed by atoms with Crippen LogP contribution in [0.1, 0.15) is 11.1 Å². The standard InChI is InChI=1S/C17H16N2OS/c1-12-15(18)8-3-9-16(12)21(20)11-14-6-2-5-13-7-4-10-19-17(13)14/h2-10H,11,18H2,1H3. The van der Waals surface area contributed by atoms with Crippen LogP contribution in [0.2, 0.25) is 0 Å². The molecule has 0 saturated heterocycles. The topological polar surface area (TPSA) is 56.0 Å². The van der Waals surface area contributed by atoms with Crippen LogP contribution in [-0.2, 0) is 16.6 Å². The maximum Gasteiger partial charge on any atom is 0.0743 e. The second-order valence-electron chi connectivity index (χ2n) is 4.95. The first-order chi connectivity index (χ1) is 10.2. The molecule has 3 nitrogen and oxygen atoms in total. The van der Waals surface area contributed by atoms with E-state index in [2.05, 4.69) is 4.98 Å². The van der Waals surface area contributed by atoms with Gasteiger partial charge in [-0.25, -0.2) is 0 Å². The van der Waals surface area contributed by atoms with Gasteiger partial charge >= 0.3 is 0 Å². The Morgan fingerprint density at radius 2 is 1.86 bits per heavy atom. The molecule has 1 unspecified atom stereocenters. The lowest BCUT2D eigenvalue weighted by molar-refractivity contribution is 0.682. The van der Waals surface area contributed by atoms with E-state index >= 15 is 0 Å². The van der Waals surface area contributed by atoms with Gasteiger partial charge in [0, 0.05) is 22.2 Å². The lowest BCUT2D eigenvalue weighted by Crippen LogP contribution is -2.02. The summed E-state index contributed by atoms with van der Waals surface area (Å²) in [7, 11) is -1.13. The number of hydrogen-bond acceptors (Lipinski definition) is 3. The van der Waals surface area contributed by atoms with Crippen LogP contribution in [0, 0.1) is 6.92 Å². The molecule has 106 valence electrons. The fraction of sp³-hybridized carbons (Fsp3) is 0.118. The Morgan fingerprint density at radius 1 is 1.10 bits per heavy atom. The zero-order valence-corrected chi connectivity index (χ0v) is 12.6. The molecule has 1 atom stereocenters. The van der Waals surface area contributed by atoms with Gasteiger partial charge in [0.25, 0.3) is 0 Å². The normalized spacial score (nSPS) is 12.4. The maximum absolute atomic E-state index is 12.7. The van der Waals surface area contributed by atoms with Gasteiger partial charge < -0.3 is 5.73 Å². The second kappa shape index (κ2) is 5.66. The molecule has 0 aliphatic rings. The Balaban J connectivity index is 1.99. The third-order valence-corrected chi connectivity index (χ3v) is 5.08. The van der Waals surface area contributed by atoms with Crippen molar-refractivity contribution in [1.29, 1.82) is 0 Å². The van der Waals surface area contributed by atoms with Gasteiger partial charge in [-0.2, -0.15) is 0 Å². The molecule has 3 rings (SSSR count). The van der Waals surface area contributed by atoms with Gasteiger partial charge in [-0.15, -0.1) is 0 Å². The van der Waals surface area contributed by atoms with Crippen LogP contribution >= 0.6 is 0 Å². The van der Waals surface area contributed by atoms with E-state index in [-0.39, 0.29) is 0 Å². The van der Waals surface area contributed by atoms with E-state index in [0.717, 1.165) is 26.9 Å². The largest absolute Gasteiger partial charge is 0.398 e. The van der Waals surface area contributed by atoms with Crippen molar-refractivity contribution in [2.24, 2.45) is 0 Å². The number of hydrogen-bond donors (Lipinski definition) is 1. The highest BCUT2D eigenvalue weighted by molar-refractivity contribution is 7.84. The third-order valence-electron chi connectivity index (χ3n) is 3.57. The van der Waals surface area contributed by atoms with Crippen molar-refractivity contribution >= 4 is 27.4 Å². The first-order valence-electron chi connectivity index (χ1n) is 6.73. The second-order valence-corrected chi connectivity index (χ2v) is 6.37. The highest BCUT2D eigenvalue weighted by Crippen LogP contribution is 2.23. The number of pyridine rings is 1. The summed E-state index contributed by atoms with van der Waals surface area (Å²) in [6.45, 7) is 1.91. The molecule has 0 aliphatic carbocycles. The maximum atomic E-state index is 12.7. The molecule has 0 amide bonds. The molecule has 2 aromatic carbocycles. The lowest BCUT2D eigenvalue weighted by atomic mass is 10.1. The van der Waals surface area contributed by atoms with Crippen LogP contribution in [0.4, 0.5) is 5.69 Å². The van der Waals surface area contributed by atoms with Crippen LogP contribution in [0.25, 0.3) is 10.9 Å². The monoisotopic (exact) mass is 296 g/mol. The molecule has 4 heteroatoms. The smallest absolute Gasteiger partial charge is 0.0743 e.